The van der Waals surface area contributed by atoms with Crippen molar-refractivity contribution in [3.8, 4) is 0 Å². The molecular weight excluding hydrogens is 178 g/mol. The first-order valence-electron chi connectivity index (χ1n) is 4.71. The molecule has 74 valence electrons. The summed E-state index contributed by atoms with van der Waals surface area (Å²) in [6, 6.07) is 7.12. The van der Waals surface area contributed by atoms with Crippen LogP contribution in [0.15, 0.2) is 24.3 Å². The van der Waals surface area contributed by atoms with Crippen molar-refractivity contribution in [3.63, 3.8) is 0 Å². The maximum atomic E-state index is 10.6. The SMILES string of the molecule is CNC1(c2ccc(C(=O)O)cc2)CC1. The molecule has 1 aliphatic rings. The van der Waals surface area contributed by atoms with E-state index in [0.29, 0.717) is 5.56 Å². The van der Waals surface area contributed by atoms with Gasteiger partial charge in [-0.15, -0.1) is 0 Å². The zero-order chi connectivity index (χ0) is 10.2. The zero-order valence-corrected chi connectivity index (χ0v) is 8.08. The Kier molecular flexibility index (Phi) is 2.04. The van der Waals surface area contributed by atoms with Crippen LogP contribution in [0, 0.1) is 0 Å². The summed E-state index contributed by atoms with van der Waals surface area (Å²) < 4.78 is 0. The lowest BCUT2D eigenvalue weighted by atomic mass is 10.0. The lowest BCUT2D eigenvalue weighted by Gasteiger charge is -2.14. The van der Waals surface area contributed by atoms with Gasteiger partial charge in [0, 0.05) is 5.54 Å². The molecule has 0 aromatic heterocycles. The van der Waals surface area contributed by atoms with E-state index < -0.39 is 5.97 Å². The maximum Gasteiger partial charge on any atom is 0.335 e. The van der Waals surface area contributed by atoms with Gasteiger partial charge in [0.15, 0.2) is 0 Å². The van der Waals surface area contributed by atoms with Gasteiger partial charge in [-0.2, -0.15) is 0 Å². The van der Waals surface area contributed by atoms with Gasteiger partial charge in [0.1, 0.15) is 0 Å². The average molecular weight is 191 g/mol. The third-order valence-corrected chi connectivity index (χ3v) is 2.91. The molecule has 1 aliphatic carbocycles. The highest BCUT2D eigenvalue weighted by Crippen LogP contribution is 2.44. The summed E-state index contributed by atoms with van der Waals surface area (Å²) in [6.45, 7) is 0. The molecule has 0 bridgehead atoms. The topological polar surface area (TPSA) is 49.3 Å². The van der Waals surface area contributed by atoms with Gasteiger partial charge in [-0.25, -0.2) is 4.79 Å². The van der Waals surface area contributed by atoms with Crippen molar-refractivity contribution in [1.29, 1.82) is 0 Å². The number of aromatic carboxylic acids is 1. The van der Waals surface area contributed by atoms with Crippen LogP contribution in [0.4, 0.5) is 0 Å². The Morgan fingerprint density at radius 3 is 2.29 bits per heavy atom. The van der Waals surface area contributed by atoms with Gasteiger partial charge in [0.25, 0.3) is 0 Å². The summed E-state index contributed by atoms with van der Waals surface area (Å²) in [5.41, 5.74) is 1.66. The summed E-state index contributed by atoms with van der Waals surface area (Å²) in [5.74, 6) is -0.870. The highest BCUT2D eigenvalue weighted by Gasteiger charge is 2.42. The first-order valence-corrected chi connectivity index (χ1v) is 4.71. The van der Waals surface area contributed by atoms with Crippen LogP contribution in [0.5, 0.6) is 0 Å². The lowest BCUT2D eigenvalue weighted by molar-refractivity contribution is 0.0697. The fourth-order valence-electron chi connectivity index (χ4n) is 1.74. The smallest absolute Gasteiger partial charge is 0.335 e. The number of carboxylic acids is 1. The maximum absolute atomic E-state index is 10.6. The molecule has 3 heteroatoms. The molecule has 0 aliphatic heterocycles. The van der Waals surface area contributed by atoms with E-state index in [9.17, 15) is 4.79 Å². The van der Waals surface area contributed by atoms with Gasteiger partial charge in [0.2, 0.25) is 0 Å². The second kappa shape index (κ2) is 3.10. The second-order valence-electron chi connectivity index (χ2n) is 3.71. The lowest BCUT2D eigenvalue weighted by Crippen LogP contribution is -2.24. The van der Waals surface area contributed by atoms with Gasteiger partial charge in [-0.3, -0.25) is 0 Å². The Labute approximate surface area is 82.8 Å². The molecule has 1 aromatic carbocycles. The highest BCUT2D eigenvalue weighted by atomic mass is 16.4. The molecule has 1 aromatic rings. The number of hydrogen-bond acceptors (Lipinski definition) is 2. The Bertz CT molecular complexity index is 352. The highest BCUT2D eigenvalue weighted by molar-refractivity contribution is 5.87. The van der Waals surface area contributed by atoms with Crippen LogP contribution in [-0.4, -0.2) is 18.1 Å². The molecule has 3 nitrogen and oxygen atoms in total. The fraction of sp³-hybridized carbons (Fsp3) is 0.364. The predicted molar refractivity (Wildman–Crippen MR) is 53.4 cm³/mol. The number of nitrogens with one attached hydrogen (secondary N) is 1. The van der Waals surface area contributed by atoms with E-state index in [2.05, 4.69) is 5.32 Å². The molecule has 0 unspecified atom stereocenters. The molecule has 2 rings (SSSR count). The monoisotopic (exact) mass is 191 g/mol. The first kappa shape index (κ1) is 9.21. The van der Waals surface area contributed by atoms with E-state index in [-0.39, 0.29) is 5.54 Å². The van der Waals surface area contributed by atoms with Gasteiger partial charge >= 0.3 is 5.97 Å². The summed E-state index contributed by atoms with van der Waals surface area (Å²) >= 11 is 0. The third kappa shape index (κ3) is 1.40. The van der Waals surface area contributed by atoms with Gasteiger partial charge in [0.05, 0.1) is 5.56 Å². The van der Waals surface area contributed by atoms with Gasteiger partial charge < -0.3 is 10.4 Å². The Hall–Kier alpha value is -1.35. The molecule has 1 fully saturated rings. The predicted octanol–water partition coefficient (Wildman–Crippen LogP) is 1.59. The third-order valence-electron chi connectivity index (χ3n) is 2.91. The summed E-state index contributed by atoms with van der Waals surface area (Å²) in [5, 5.41) is 12.0. The normalized spacial score (nSPS) is 17.8. The van der Waals surface area contributed by atoms with Crippen molar-refractivity contribution < 1.29 is 9.90 Å². The van der Waals surface area contributed by atoms with E-state index in [0.717, 1.165) is 12.8 Å². The second-order valence-corrected chi connectivity index (χ2v) is 3.71. The molecule has 0 radical (unpaired) electrons. The number of benzene rings is 1. The number of carboxylic acid groups (broad SMARTS) is 1. The van der Waals surface area contributed by atoms with Crippen molar-refractivity contribution in [2.45, 2.75) is 18.4 Å². The van der Waals surface area contributed by atoms with Gasteiger partial charge in [-0.1, -0.05) is 12.1 Å². The molecule has 0 heterocycles. The minimum absolute atomic E-state index is 0.122. The van der Waals surface area contributed by atoms with Crippen LogP contribution < -0.4 is 5.32 Å². The quantitative estimate of drug-likeness (QED) is 0.762. The Balaban J connectivity index is 2.26. The molecule has 0 saturated heterocycles. The van der Waals surface area contributed by atoms with Crippen LogP contribution >= 0.6 is 0 Å². The molecular formula is C11H13NO2. The molecule has 1 saturated carbocycles. The van der Waals surface area contributed by atoms with E-state index in [1.165, 1.54) is 5.56 Å². The van der Waals surface area contributed by atoms with Crippen molar-refractivity contribution in [1.82, 2.24) is 5.32 Å². The Morgan fingerprint density at radius 2 is 1.93 bits per heavy atom. The van der Waals surface area contributed by atoms with Crippen LogP contribution in [0.3, 0.4) is 0 Å². The van der Waals surface area contributed by atoms with E-state index in [1.807, 2.05) is 19.2 Å². The van der Waals surface area contributed by atoms with Crippen molar-refractivity contribution in [2.75, 3.05) is 7.05 Å². The van der Waals surface area contributed by atoms with Crippen molar-refractivity contribution >= 4 is 5.97 Å². The van der Waals surface area contributed by atoms with Crippen LogP contribution in [0.2, 0.25) is 0 Å². The Morgan fingerprint density at radius 1 is 1.36 bits per heavy atom. The van der Waals surface area contributed by atoms with Crippen LogP contribution in [0.25, 0.3) is 0 Å². The number of hydrogen-bond donors (Lipinski definition) is 2. The largest absolute Gasteiger partial charge is 0.478 e. The average Bonchev–Trinajstić information content (AvgIpc) is 2.99. The van der Waals surface area contributed by atoms with E-state index in [1.54, 1.807) is 12.1 Å². The number of rotatable bonds is 3. The fourth-order valence-corrected chi connectivity index (χ4v) is 1.74. The van der Waals surface area contributed by atoms with Crippen molar-refractivity contribution in [3.05, 3.63) is 35.4 Å². The van der Waals surface area contributed by atoms with Crippen molar-refractivity contribution in [2.24, 2.45) is 0 Å². The minimum Gasteiger partial charge on any atom is -0.478 e. The molecule has 0 spiro atoms. The molecule has 14 heavy (non-hydrogen) atoms. The minimum atomic E-state index is -0.870. The summed E-state index contributed by atoms with van der Waals surface area (Å²) in [7, 11) is 1.94. The van der Waals surface area contributed by atoms with E-state index in [4.69, 9.17) is 5.11 Å². The zero-order valence-electron chi connectivity index (χ0n) is 8.08. The standard InChI is InChI=1S/C11H13NO2/c1-12-11(6-7-11)9-4-2-8(3-5-9)10(13)14/h2-5,12H,6-7H2,1H3,(H,13,14). The summed E-state index contributed by atoms with van der Waals surface area (Å²) in [4.78, 5) is 10.6. The molecule has 0 amide bonds. The van der Waals surface area contributed by atoms with Crippen LogP contribution in [0.1, 0.15) is 28.8 Å². The molecule has 0 atom stereocenters. The van der Waals surface area contributed by atoms with E-state index >= 15 is 0 Å². The molecule has 2 N–H and O–H groups in total. The van der Waals surface area contributed by atoms with Gasteiger partial charge in [-0.05, 0) is 37.6 Å². The number of carbonyl (C=O) groups is 1. The summed E-state index contributed by atoms with van der Waals surface area (Å²) in [6.07, 6.45) is 2.27. The van der Waals surface area contributed by atoms with Crippen LogP contribution in [-0.2, 0) is 5.54 Å². The first-order chi connectivity index (χ1) is 6.68.